The topological polar surface area (TPSA) is 12.9 Å². The van der Waals surface area contributed by atoms with Crippen molar-refractivity contribution >= 4 is 34.1 Å². The predicted molar refractivity (Wildman–Crippen MR) is 64.0 cm³/mol. The van der Waals surface area contributed by atoms with Crippen molar-refractivity contribution in [3.8, 4) is 0 Å². The minimum atomic E-state index is -2.87. The normalized spacial score (nSPS) is 17.4. The summed E-state index contributed by atoms with van der Waals surface area (Å²) in [5, 5.41) is 1.51. The molecule has 0 radical (unpaired) electrons. The first kappa shape index (κ1) is 11.2. The maximum absolute atomic E-state index is 13.6. The van der Waals surface area contributed by atoms with Crippen LogP contribution >= 0.6 is 23.2 Å². The van der Waals surface area contributed by atoms with Gasteiger partial charge in [-0.3, -0.25) is 0 Å². The molecule has 2 aromatic rings. The van der Waals surface area contributed by atoms with Crippen molar-refractivity contribution in [1.82, 2.24) is 4.98 Å². The van der Waals surface area contributed by atoms with Crippen LogP contribution in [-0.4, -0.2) is 4.98 Å². The van der Waals surface area contributed by atoms with Gasteiger partial charge in [-0.2, -0.15) is 8.78 Å². The summed E-state index contributed by atoms with van der Waals surface area (Å²) in [6.45, 7) is 0. The first-order valence-electron chi connectivity index (χ1n) is 5.15. The van der Waals surface area contributed by atoms with Crippen molar-refractivity contribution in [1.29, 1.82) is 0 Å². The maximum atomic E-state index is 13.6. The molecule has 17 heavy (non-hydrogen) atoms. The Labute approximate surface area is 106 Å². The summed E-state index contributed by atoms with van der Waals surface area (Å²) in [5.41, 5.74) is 0.725. The first-order valence-corrected chi connectivity index (χ1v) is 5.90. The first-order chi connectivity index (χ1) is 7.99. The monoisotopic (exact) mass is 273 g/mol. The summed E-state index contributed by atoms with van der Waals surface area (Å²) in [7, 11) is 0. The van der Waals surface area contributed by atoms with Gasteiger partial charge in [-0.25, -0.2) is 4.98 Å². The number of rotatable bonds is 0. The zero-order chi connectivity index (χ0) is 12.2. The zero-order valence-corrected chi connectivity index (χ0v) is 10.1. The van der Waals surface area contributed by atoms with Crippen molar-refractivity contribution in [2.24, 2.45) is 0 Å². The number of fused-ring (bicyclic) bond motifs is 2. The molecule has 0 saturated carbocycles. The second kappa shape index (κ2) is 3.53. The average Bonchev–Trinajstić information content (AvgIpc) is 2.57. The lowest BCUT2D eigenvalue weighted by Crippen LogP contribution is -2.10. The van der Waals surface area contributed by atoms with E-state index in [1.165, 1.54) is 0 Å². The standard InChI is InChI=1S/C12H7Cl2F2N/c13-6-1-2-9-8(5-6)10(14)7-3-4-12(15,16)11(7)17-9/h1-2,5H,3-4H2. The number of pyridine rings is 1. The van der Waals surface area contributed by atoms with E-state index in [2.05, 4.69) is 4.98 Å². The van der Waals surface area contributed by atoms with Gasteiger partial charge in [0.05, 0.1) is 10.5 Å². The lowest BCUT2D eigenvalue weighted by atomic mass is 10.1. The van der Waals surface area contributed by atoms with Crippen LogP contribution in [0.2, 0.25) is 10.0 Å². The Bertz CT molecular complexity index is 625. The van der Waals surface area contributed by atoms with Crippen molar-refractivity contribution in [3.05, 3.63) is 39.5 Å². The summed E-state index contributed by atoms with van der Waals surface area (Å²) < 4.78 is 27.2. The van der Waals surface area contributed by atoms with E-state index in [1.54, 1.807) is 18.2 Å². The minimum Gasteiger partial charge on any atom is -0.246 e. The Morgan fingerprint density at radius 3 is 2.76 bits per heavy atom. The molecule has 0 N–H and O–H groups in total. The molecule has 3 rings (SSSR count). The third kappa shape index (κ3) is 1.60. The molecule has 0 amide bonds. The molecule has 1 aromatic carbocycles. The SMILES string of the molecule is FC1(F)CCc2c1nc1ccc(Cl)cc1c2Cl. The molecule has 1 nitrogen and oxygen atoms in total. The fraction of sp³-hybridized carbons (Fsp3) is 0.250. The highest BCUT2D eigenvalue weighted by molar-refractivity contribution is 6.37. The van der Waals surface area contributed by atoms with E-state index in [-0.39, 0.29) is 18.5 Å². The van der Waals surface area contributed by atoms with Crippen LogP contribution in [-0.2, 0) is 12.3 Å². The van der Waals surface area contributed by atoms with Gasteiger partial charge in [0.15, 0.2) is 0 Å². The van der Waals surface area contributed by atoms with Crippen molar-refractivity contribution in [2.75, 3.05) is 0 Å². The van der Waals surface area contributed by atoms with Crippen LogP contribution in [0.4, 0.5) is 8.78 Å². The van der Waals surface area contributed by atoms with Gasteiger partial charge in [0.2, 0.25) is 0 Å². The van der Waals surface area contributed by atoms with Crippen LogP contribution in [0, 0.1) is 0 Å². The molecule has 1 aromatic heterocycles. The van der Waals surface area contributed by atoms with E-state index in [0.29, 0.717) is 26.5 Å². The van der Waals surface area contributed by atoms with Gasteiger partial charge >= 0.3 is 0 Å². The predicted octanol–water partition coefficient (Wildman–Crippen LogP) is 4.58. The smallest absolute Gasteiger partial charge is 0.246 e. The van der Waals surface area contributed by atoms with Gasteiger partial charge in [-0.1, -0.05) is 23.2 Å². The lowest BCUT2D eigenvalue weighted by molar-refractivity contribution is -0.00567. The van der Waals surface area contributed by atoms with E-state index in [9.17, 15) is 8.78 Å². The third-order valence-electron chi connectivity index (χ3n) is 3.01. The van der Waals surface area contributed by atoms with Gasteiger partial charge in [-0.05, 0) is 30.2 Å². The van der Waals surface area contributed by atoms with Gasteiger partial charge in [-0.15, -0.1) is 0 Å². The molecular formula is C12H7Cl2F2N. The van der Waals surface area contributed by atoms with Crippen LogP contribution in [0.1, 0.15) is 17.7 Å². The van der Waals surface area contributed by atoms with Crippen LogP contribution in [0.25, 0.3) is 10.9 Å². The van der Waals surface area contributed by atoms with Crippen molar-refractivity contribution < 1.29 is 8.78 Å². The lowest BCUT2D eigenvalue weighted by Gasteiger charge is -2.11. The van der Waals surface area contributed by atoms with Crippen molar-refractivity contribution in [2.45, 2.75) is 18.8 Å². The third-order valence-corrected chi connectivity index (χ3v) is 3.68. The summed E-state index contributed by atoms with van der Waals surface area (Å²) in [5.74, 6) is -2.87. The average molecular weight is 274 g/mol. The largest absolute Gasteiger partial charge is 0.290 e. The molecular weight excluding hydrogens is 267 g/mol. The molecule has 1 aliphatic rings. The van der Waals surface area contributed by atoms with Crippen LogP contribution in [0.5, 0.6) is 0 Å². The number of halogens is 4. The van der Waals surface area contributed by atoms with E-state index >= 15 is 0 Å². The van der Waals surface area contributed by atoms with Crippen molar-refractivity contribution in [3.63, 3.8) is 0 Å². The molecule has 0 unspecified atom stereocenters. The molecule has 0 spiro atoms. The fourth-order valence-corrected chi connectivity index (χ4v) is 2.67. The van der Waals surface area contributed by atoms with E-state index in [0.717, 1.165) is 0 Å². The number of benzene rings is 1. The Hall–Kier alpha value is -0.930. The van der Waals surface area contributed by atoms with Gasteiger partial charge in [0.25, 0.3) is 5.92 Å². The van der Waals surface area contributed by atoms with E-state index in [1.807, 2.05) is 0 Å². The quantitative estimate of drug-likeness (QED) is 0.685. The highest BCUT2D eigenvalue weighted by Gasteiger charge is 2.42. The summed E-state index contributed by atoms with van der Waals surface area (Å²) in [6.07, 6.45) is 0.0374. The number of nitrogens with zero attached hydrogens (tertiary/aromatic N) is 1. The highest BCUT2D eigenvalue weighted by Crippen LogP contribution is 2.45. The molecule has 88 valence electrons. The summed E-state index contributed by atoms with van der Waals surface area (Å²) in [4.78, 5) is 4.02. The molecule has 0 atom stereocenters. The zero-order valence-electron chi connectivity index (χ0n) is 8.61. The van der Waals surface area contributed by atoms with Crippen LogP contribution in [0.3, 0.4) is 0 Å². The Morgan fingerprint density at radius 2 is 2.00 bits per heavy atom. The second-order valence-electron chi connectivity index (χ2n) is 4.12. The van der Waals surface area contributed by atoms with Crippen LogP contribution in [0.15, 0.2) is 18.2 Å². The fourth-order valence-electron chi connectivity index (χ4n) is 2.17. The molecule has 0 saturated heterocycles. The van der Waals surface area contributed by atoms with Gasteiger partial charge in [0.1, 0.15) is 5.69 Å². The molecule has 0 fully saturated rings. The molecule has 1 heterocycles. The van der Waals surface area contributed by atoms with Crippen LogP contribution < -0.4 is 0 Å². The number of hydrogen-bond donors (Lipinski definition) is 0. The summed E-state index contributed by atoms with van der Waals surface area (Å²) in [6, 6.07) is 4.88. The summed E-state index contributed by atoms with van der Waals surface area (Å²) >= 11 is 12.0. The molecule has 0 bridgehead atoms. The Balaban J connectivity index is 2.39. The molecule has 5 heteroatoms. The maximum Gasteiger partial charge on any atom is 0.290 e. The number of alkyl halides is 2. The van der Waals surface area contributed by atoms with Gasteiger partial charge in [0, 0.05) is 16.8 Å². The molecule has 0 aliphatic heterocycles. The number of hydrogen-bond acceptors (Lipinski definition) is 1. The number of aromatic nitrogens is 1. The molecule has 1 aliphatic carbocycles. The Kier molecular flexibility index (Phi) is 2.32. The highest BCUT2D eigenvalue weighted by atomic mass is 35.5. The van der Waals surface area contributed by atoms with E-state index < -0.39 is 5.92 Å². The van der Waals surface area contributed by atoms with E-state index in [4.69, 9.17) is 23.2 Å². The second-order valence-corrected chi connectivity index (χ2v) is 4.93. The minimum absolute atomic E-state index is 0.183. The Morgan fingerprint density at radius 1 is 1.24 bits per heavy atom. The van der Waals surface area contributed by atoms with Gasteiger partial charge < -0.3 is 0 Å².